The highest BCUT2D eigenvalue weighted by Gasteiger charge is 2.19. The molecule has 0 saturated carbocycles. The van der Waals surface area contributed by atoms with Gasteiger partial charge in [-0.2, -0.15) is 5.26 Å². The molecule has 1 fully saturated rings. The van der Waals surface area contributed by atoms with Crippen LogP contribution in [0.2, 0.25) is 0 Å². The highest BCUT2D eigenvalue weighted by Crippen LogP contribution is 2.22. The fraction of sp³-hybridized carbons (Fsp3) is 0.238. The third kappa shape index (κ3) is 3.46. The maximum absolute atomic E-state index is 9.29. The summed E-state index contributed by atoms with van der Waals surface area (Å²) in [4.78, 5) is 12.7. The van der Waals surface area contributed by atoms with Crippen LogP contribution < -0.4 is 4.90 Å². The summed E-state index contributed by atoms with van der Waals surface area (Å²) in [6.07, 6.45) is 1.93. The average Bonchev–Trinajstić information content (AvgIpc) is 3.18. The SMILES string of the molecule is N#Cc1ccccc1N1CCN(Cc2cnc(-c3ccccc3)[nH]2)CC1. The van der Waals surface area contributed by atoms with Gasteiger partial charge in [0.1, 0.15) is 11.9 Å². The van der Waals surface area contributed by atoms with Crippen LogP contribution in [0.4, 0.5) is 5.69 Å². The molecule has 1 aliphatic rings. The van der Waals surface area contributed by atoms with E-state index in [1.165, 1.54) is 0 Å². The van der Waals surface area contributed by atoms with Crippen molar-refractivity contribution < 1.29 is 0 Å². The summed E-state index contributed by atoms with van der Waals surface area (Å²) in [5.41, 5.74) is 4.04. The van der Waals surface area contributed by atoms with Gasteiger partial charge >= 0.3 is 0 Å². The van der Waals surface area contributed by atoms with Gasteiger partial charge in [-0.3, -0.25) is 4.90 Å². The largest absolute Gasteiger partial charge is 0.368 e. The number of para-hydroxylation sites is 1. The van der Waals surface area contributed by atoms with Crippen molar-refractivity contribution in [3.05, 3.63) is 72.1 Å². The van der Waals surface area contributed by atoms with Crippen molar-refractivity contribution in [3.63, 3.8) is 0 Å². The molecular weight excluding hydrogens is 322 g/mol. The maximum atomic E-state index is 9.29. The Hall–Kier alpha value is -3.10. The van der Waals surface area contributed by atoms with Crippen molar-refractivity contribution in [1.82, 2.24) is 14.9 Å². The molecule has 3 aromatic rings. The number of aromatic nitrogens is 2. The zero-order chi connectivity index (χ0) is 17.8. The first-order valence-electron chi connectivity index (χ1n) is 8.89. The van der Waals surface area contributed by atoms with Gasteiger partial charge in [-0.15, -0.1) is 0 Å². The molecule has 1 aliphatic heterocycles. The third-order valence-corrected chi connectivity index (χ3v) is 4.81. The fourth-order valence-electron chi connectivity index (χ4n) is 3.41. The standard InChI is InChI=1S/C21H21N5/c22-14-18-8-4-5-9-20(18)26-12-10-25(11-13-26)16-19-15-23-21(24-19)17-6-2-1-3-7-17/h1-9,15H,10-13,16H2,(H,23,24). The van der Waals surface area contributed by atoms with E-state index in [9.17, 15) is 5.26 Å². The van der Waals surface area contributed by atoms with Crippen molar-refractivity contribution in [3.8, 4) is 17.5 Å². The van der Waals surface area contributed by atoms with E-state index < -0.39 is 0 Å². The number of imidazole rings is 1. The molecule has 5 heteroatoms. The minimum absolute atomic E-state index is 0.752. The molecule has 26 heavy (non-hydrogen) atoms. The number of nitrogens with zero attached hydrogens (tertiary/aromatic N) is 4. The molecule has 0 radical (unpaired) electrons. The van der Waals surface area contributed by atoms with E-state index in [1.54, 1.807) is 0 Å². The Kier molecular flexibility index (Phi) is 4.67. The van der Waals surface area contributed by atoms with Crippen LogP contribution in [0.15, 0.2) is 60.8 Å². The molecule has 4 rings (SSSR count). The van der Waals surface area contributed by atoms with Gasteiger partial charge in [0.25, 0.3) is 0 Å². The van der Waals surface area contributed by atoms with Crippen LogP contribution in [0, 0.1) is 11.3 Å². The normalized spacial score (nSPS) is 15.0. The second kappa shape index (κ2) is 7.42. The van der Waals surface area contributed by atoms with Crippen LogP contribution in [0.25, 0.3) is 11.4 Å². The number of nitrogens with one attached hydrogen (secondary N) is 1. The van der Waals surface area contributed by atoms with E-state index in [2.05, 4.69) is 38.0 Å². The Morgan fingerprint density at radius 2 is 1.69 bits per heavy atom. The van der Waals surface area contributed by atoms with Crippen LogP contribution in [0.3, 0.4) is 0 Å². The lowest BCUT2D eigenvalue weighted by Gasteiger charge is -2.36. The molecule has 5 nitrogen and oxygen atoms in total. The number of hydrogen-bond donors (Lipinski definition) is 1. The monoisotopic (exact) mass is 343 g/mol. The Morgan fingerprint density at radius 3 is 2.46 bits per heavy atom. The zero-order valence-corrected chi connectivity index (χ0v) is 14.6. The minimum Gasteiger partial charge on any atom is -0.368 e. The van der Waals surface area contributed by atoms with Gasteiger partial charge in [-0.1, -0.05) is 42.5 Å². The first-order valence-corrected chi connectivity index (χ1v) is 8.89. The summed E-state index contributed by atoms with van der Waals surface area (Å²) >= 11 is 0. The topological polar surface area (TPSA) is 59.0 Å². The molecule has 1 saturated heterocycles. The van der Waals surface area contributed by atoms with Gasteiger partial charge in [0, 0.05) is 50.2 Å². The van der Waals surface area contributed by atoms with E-state index in [0.29, 0.717) is 0 Å². The number of nitriles is 1. The number of aromatic amines is 1. The van der Waals surface area contributed by atoms with Gasteiger partial charge < -0.3 is 9.88 Å². The molecule has 0 unspecified atom stereocenters. The predicted molar refractivity (Wildman–Crippen MR) is 103 cm³/mol. The second-order valence-corrected chi connectivity index (χ2v) is 6.52. The van der Waals surface area contributed by atoms with Gasteiger partial charge in [-0.25, -0.2) is 4.98 Å². The Balaban J connectivity index is 1.37. The first-order chi connectivity index (χ1) is 12.8. The quantitative estimate of drug-likeness (QED) is 0.790. The van der Waals surface area contributed by atoms with Crippen molar-refractivity contribution in [2.24, 2.45) is 0 Å². The van der Waals surface area contributed by atoms with Crippen LogP contribution in [0.1, 0.15) is 11.3 Å². The van der Waals surface area contributed by atoms with Crippen molar-refractivity contribution >= 4 is 5.69 Å². The number of rotatable bonds is 4. The van der Waals surface area contributed by atoms with E-state index in [4.69, 9.17) is 0 Å². The molecule has 2 aromatic carbocycles. The summed E-state index contributed by atoms with van der Waals surface area (Å²) < 4.78 is 0. The number of hydrogen-bond acceptors (Lipinski definition) is 4. The van der Waals surface area contributed by atoms with Gasteiger partial charge in [0.15, 0.2) is 0 Å². The van der Waals surface area contributed by atoms with E-state index in [0.717, 1.165) is 61.1 Å². The van der Waals surface area contributed by atoms with Gasteiger partial charge in [-0.05, 0) is 12.1 Å². The average molecular weight is 343 g/mol. The lowest BCUT2D eigenvalue weighted by Crippen LogP contribution is -2.46. The minimum atomic E-state index is 0.752. The van der Waals surface area contributed by atoms with E-state index in [1.807, 2.05) is 48.7 Å². The first kappa shape index (κ1) is 16.4. The second-order valence-electron chi connectivity index (χ2n) is 6.52. The molecule has 0 atom stereocenters. The van der Waals surface area contributed by atoms with Gasteiger partial charge in [0.2, 0.25) is 0 Å². The molecule has 0 spiro atoms. The molecule has 0 aliphatic carbocycles. The highest BCUT2D eigenvalue weighted by atomic mass is 15.3. The fourth-order valence-corrected chi connectivity index (χ4v) is 3.41. The molecule has 1 N–H and O–H groups in total. The molecule has 0 bridgehead atoms. The molecule has 0 amide bonds. The lowest BCUT2D eigenvalue weighted by molar-refractivity contribution is 0.247. The maximum Gasteiger partial charge on any atom is 0.137 e. The number of benzene rings is 2. The summed E-state index contributed by atoms with van der Waals surface area (Å²) in [6.45, 7) is 4.67. The molecule has 130 valence electrons. The summed E-state index contributed by atoms with van der Waals surface area (Å²) in [7, 11) is 0. The van der Waals surface area contributed by atoms with E-state index >= 15 is 0 Å². The van der Waals surface area contributed by atoms with Crippen LogP contribution >= 0.6 is 0 Å². The highest BCUT2D eigenvalue weighted by molar-refractivity contribution is 5.59. The summed E-state index contributed by atoms with van der Waals surface area (Å²) in [5, 5.41) is 9.29. The van der Waals surface area contributed by atoms with Crippen molar-refractivity contribution in [2.75, 3.05) is 31.1 Å². The smallest absolute Gasteiger partial charge is 0.137 e. The van der Waals surface area contributed by atoms with Crippen molar-refractivity contribution in [2.45, 2.75) is 6.54 Å². The van der Waals surface area contributed by atoms with Crippen LogP contribution in [-0.4, -0.2) is 41.0 Å². The van der Waals surface area contributed by atoms with Crippen molar-refractivity contribution in [1.29, 1.82) is 5.26 Å². The lowest BCUT2D eigenvalue weighted by atomic mass is 10.1. The Labute approximate surface area is 153 Å². The molecule has 1 aromatic heterocycles. The molecular formula is C21H21N5. The Morgan fingerprint density at radius 1 is 0.962 bits per heavy atom. The van der Waals surface area contributed by atoms with Crippen LogP contribution in [0.5, 0.6) is 0 Å². The third-order valence-electron chi connectivity index (χ3n) is 4.81. The van der Waals surface area contributed by atoms with E-state index in [-0.39, 0.29) is 0 Å². The van der Waals surface area contributed by atoms with Crippen LogP contribution in [-0.2, 0) is 6.54 Å². The number of H-pyrrole nitrogens is 1. The van der Waals surface area contributed by atoms with Gasteiger partial charge in [0.05, 0.1) is 11.3 Å². The number of anilines is 1. The zero-order valence-electron chi connectivity index (χ0n) is 14.6. The number of piperazine rings is 1. The summed E-state index contributed by atoms with van der Waals surface area (Å²) in [6, 6.07) is 20.3. The Bertz CT molecular complexity index is 901. The predicted octanol–water partition coefficient (Wildman–Crippen LogP) is 3.27. The molecule has 2 heterocycles. The summed E-state index contributed by atoms with van der Waals surface area (Å²) in [5.74, 6) is 0.919.